The average molecular weight is 442 g/mol. The number of benzene rings is 3. The summed E-state index contributed by atoms with van der Waals surface area (Å²) in [6.07, 6.45) is 0.823. The monoisotopic (exact) mass is 440 g/mol. The topological polar surface area (TPSA) is 24.8 Å². The normalized spacial score (nSPS) is 16.3. The Morgan fingerprint density at radius 1 is 0.963 bits per heavy atom. The van der Waals surface area contributed by atoms with Crippen molar-refractivity contribution in [3.05, 3.63) is 93.4 Å². The van der Waals surface area contributed by atoms with Gasteiger partial charge in [-0.2, -0.15) is 5.10 Å². The zero-order valence-corrected chi connectivity index (χ0v) is 17.1. The summed E-state index contributed by atoms with van der Waals surface area (Å²) >= 11 is 9.59. The number of ether oxygens (including phenoxy) is 1. The van der Waals surface area contributed by atoms with E-state index in [2.05, 4.69) is 57.3 Å². The number of hydrazone groups is 1. The van der Waals surface area contributed by atoms with Crippen molar-refractivity contribution in [1.82, 2.24) is 0 Å². The molecule has 0 saturated heterocycles. The number of methoxy groups -OCH3 is 1. The highest BCUT2D eigenvalue weighted by atomic mass is 79.9. The fourth-order valence-electron chi connectivity index (χ4n) is 3.24. The SMILES string of the molecule is COc1ccc(C2=NN(c3ccc(Br)cc3)C(c3ccc(Cl)cc3)C2)cc1. The first kappa shape index (κ1) is 18.1. The summed E-state index contributed by atoms with van der Waals surface area (Å²) in [5, 5.41) is 7.79. The van der Waals surface area contributed by atoms with Gasteiger partial charge in [0, 0.05) is 15.9 Å². The van der Waals surface area contributed by atoms with Crippen LogP contribution in [0.25, 0.3) is 0 Å². The molecule has 1 aliphatic rings. The molecule has 1 unspecified atom stereocenters. The minimum Gasteiger partial charge on any atom is -0.497 e. The van der Waals surface area contributed by atoms with Gasteiger partial charge in [-0.15, -0.1) is 0 Å². The van der Waals surface area contributed by atoms with E-state index in [0.717, 1.165) is 38.6 Å². The number of halogens is 2. The summed E-state index contributed by atoms with van der Waals surface area (Å²) in [6.45, 7) is 0. The molecule has 0 spiro atoms. The maximum atomic E-state index is 6.08. The van der Waals surface area contributed by atoms with Crippen LogP contribution < -0.4 is 9.75 Å². The lowest BCUT2D eigenvalue weighted by atomic mass is 9.98. The number of hydrogen-bond donors (Lipinski definition) is 0. The largest absolute Gasteiger partial charge is 0.497 e. The van der Waals surface area contributed by atoms with Crippen molar-refractivity contribution < 1.29 is 4.74 Å². The molecule has 0 amide bonds. The van der Waals surface area contributed by atoms with E-state index in [1.54, 1.807) is 7.11 Å². The molecule has 3 aromatic carbocycles. The Kier molecular flexibility index (Phi) is 5.19. The molecule has 0 radical (unpaired) electrons. The Morgan fingerprint density at radius 2 is 1.63 bits per heavy atom. The van der Waals surface area contributed by atoms with E-state index in [0.29, 0.717) is 0 Å². The van der Waals surface area contributed by atoms with Gasteiger partial charge in [0.2, 0.25) is 0 Å². The molecule has 4 rings (SSSR count). The van der Waals surface area contributed by atoms with Crippen molar-refractivity contribution in [3.8, 4) is 5.75 Å². The first-order valence-electron chi connectivity index (χ1n) is 8.66. The van der Waals surface area contributed by atoms with E-state index in [9.17, 15) is 0 Å². The van der Waals surface area contributed by atoms with Gasteiger partial charge in [-0.05, 0) is 71.8 Å². The molecule has 136 valence electrons. The van der Waals surface area contributed by atoms with Crippen LogP contribution in [0.15, 0.2) is 82.4 Å². The van der Waals surface area contributed by atoms with E-state index in [1.165, 1.54) is 5.56 Å². The third-order valence-corrected chi connectivity index (χ3v) is 5.46. The van der Waals surface area contributed by atoms with E-state index in [4.69, 9.17) is 21.4 Å². The van der Waals surface area contributed by atoms with Crippen LogP contribution in [0, 0.1) is 0 Å². The van der Waals surface area contributed by atoms with Crippen LogP contribution in [0.1, 0.15) is 23.6 Å². The first-order chi connectivity index (χ1) is 13.1. The molecule has 0 aromatic heterocycles. The van der Waals surface area contributed by atoms with Gasteiger partial charge < -0.3 is 4.74 Å². The van der Waals surface area contributed by atoms with Crippen LogP contribution in [-0.4, -0.2) is 12.8 Å². The summed E-state index contributed by atoms with van der Waals surface area (Å²) in [5.74, 6) is 0.844. The Bertz CT molecular complexity index is 953. The molecule has 27 heavy (non-hydrogen) atoms. The predicted octanol–water partition coefficient (Wildman–Crippen LogP) is 6.47. The highest BCUT2D eigenvalue weighted by Gasteiger charge is 2.29. The molecule has 0 bridgehead atoms. The highest BCUT2D eigenvalue weighted by molar-refractivity contribution is 9.10. The number of rotatable bonds is 4. The molecule has 3 nitrogen and oxygen atoms in total. The predicted molar refractivity (Wildman–Crippen MR) is 115 cm³/mol. The molecule has 0 fully saturated rings. The van der Waals surface area contributed by atoms with Gasteiger partial charge in [0.15, 0.2) is 0 Å². The van der Waals surface area contributed by atoms with Crippen molar-refractivity contribution in [1.29, 1.82) is 0 Å². The Morgan fingerprint density at radius 3 is 2.26 bits per heavy atom. The molecule has 1 atom stereocenters. The summed E-state index contributed by atoms with van der Waals surface area (Å²) in [4.78, 5) is 0. The molecular formula is C22H18BrClN2O. The second-order valence-electron chi connectivity index (χ2n) is 6.37. The van der Waals surface area contributed by atoms with Crippen LogP contribution in [-0.2, 0) is 0 Å². The van der Waals surface area contributed by atoms with Crippen molar-refractivity contribution in [2.24, 2.45) is 5.10 Å². The standard InChI is InChI=1S/C22H18BrClN2O/c1-27-20-12-4-15(5-13-20)21-14-22(16-2-8-18(24)9-3-16)26(25-21)19-10-6-17(23)7-11-19/h2-13,22H,14H2,1H3. The lowest BCUT2D eigenvalue weighted by molar-refractivity contribution is 0.415. The molecular weight excluding hydrogens is 424 g/mol. The van der Waals surface area contributed by atoms with Gasteiger partial charge in [0.05, 0.1) is 24.6 Å². The van der Waals surface area contributed by atoms with Gasteiger partial charge in [-0.25, -0.2) is 0 Å². The molecule has 1 heterocycles. The van der Waals surface area contributed by atoms with E-state index in [-0.39, 0.29) is 6.04 Å². The van der Waals surface area contributed by atoms with Crippen LogP contribution >= 0.6 is 27.5 Å². The quantitative estimate of drug-likeness (QED) is 0.464. The Labute approximate surface area is 172 Å². The lowest BCUT2D eigenvalue weighted by Crippen LogP contribution is -2.18. The van der Waals surface area contributed by atoms with Crippen molar-refractivity contribution in [2.45, 2.75) is 12.5 Å². The maximum Gasteiger partial charge on any atom is 0.118 e. The number of hydrogen-bond acceptors (Lipinski definition) is 3. The molecule has 0 aliphatic carbocycles. The molecule has 0 saturated carbocycles. The molecule has 0 N–H and O–H groups in total. The summed E-state index contributed by atoms with van der Waals surface area (Å²) in [6, 6.07) is 24.4. The maximum absolute atomic E-state index is 6.08. The van der Waals surface area contributed by atoms with E-state index in [1.807, 2.05) is 36.4 Å². The van der Waals surface area contributed by atoms with Crippen LogP contribution in [0.4, 0.5) is 5.69 Å². The van der Waals surface area contributed by atoms with Gasteiger partial charge in [-0.3, -0.25) is 5.01 Å². The summed E-state index contributed by atoms with van der Waals surface area (Å²) in [5.41, 5.74) is 4.41. The smallest absolute Gasteiger partial charge is 0.118 e. The highest BCUT2D eigenvalue weighted by Crippen LogP contribution is 2.37. The van der Waals surface area contributed by atoms with Gasteiger partial charge in [-0.1, -0.05) is 39.7 Å². The lowest BCUT2D eigenvalue weighted by Gasteiger charge is -2.24. The van der Waals surface area contributed by atoms with Crippen LogP contribution in [0.5, 0.6) is 5.75 Å². The fourth-order valence-corrected chi connectivity index (χ4v) is 3.63. The van der Waals surface area contributed by atoms with Crippen LogP contribution in [0.2, 0.25) is 5.02 Å². The van der Waals surface area contributed by atoms with Crippen molar-refractivity contribution in [2.75, 3.05) is 12.1 Å². The van der Waals surface area contributed by atoms with Crippen molar-refractivity contribution in [3.63, 3.8) is 0 Å². The number of nitrogens with zero attached hydrogens (tertiary/aromatic N) is 2. The summed E-state index contributed by atoms with van der Waals surface area (Å²) < 4.78 is 6.32. The molecule has 3 aromatic rings. The Balaban J connectivity index is 1.72. The average Bonchev–Trinajstić information content (AvgIpc) is 3.14. The first-order valence-corrected chi connectivity index (χ1v) is 9.83. The third kappa shape index (κ3) is 3.87. The summed E-state index contributed by atoms with van der Waals surface area (Å²) in [7, 11) is 1.67. The van der Waals surface area contributed by atoms with Gasteiger partial charge in [0.25, 0.3) is 0 Å². The second-order valence-corrected chi connectivity index (χ2v) is 7.72. The molecule has 5 heteroatoms. The Hall–Kier alpha value is -2.30. The fraction of sp³-hybridized carbons (Fsp3) is 0.136. The second kappa shape index (κ2) is 7.75. The van der Waals surface area contributed by atoms with Gasteiger partial charge in [0.1, 0.15) is 5.75 Å². The van der Waals surface area contributed by atoms with Gasteiger partial charge >= 0.3 is 0 Å². The zero-order valence-electron chi connectivity index (χ0n) is 14.8. The number of anilines is 1. The minimum atomic E-state index is 0.126. The van der Waals surface area contributed by atoms with Crippen LogP contribution in [0.3, 0.4) is 0 Å². The van der Waals surface area contributed by atoms with E-state index < -0.39 is 0 Å². The van der Waals surface area contributed by atoms with Crippen molar-refractivity contribution >= 4 is 38.9 Å². The zero-order chi connectivity index (χ0) is 18.8. The van der Waals surface area contributed by atoms with E-state index >= 15 is 0 Å². The minimum absolute atomic E-state index is 0.126. The molecule has 1 aliphatic heterocycles. The third-order valence-electron chi connectivity index (χ3n) is 4.68.